The van der Waals surface area contributed by atoms with E-state index in [1.807, 2.05) is 72.8 Å². The summed E-state index contributed by atoms with van der Waals surface area (Å²) in [5.74, 6) is 11.6. The molecule has 0 aliphatic carbocycles. The Balaban J connectivity index is 1.17. The van der Waals surface area contributed by atoms with Gasteiger partial charge in [0, 0.05) is 11.1 Å². The minimum atomic E-state index is -1.16. The molecule has 2 fully saturated rings. The van der Waals surface area contributed by atoms with Crippen LogP contribution in [0.3, 0.4) is 0 Å². The van der Waals surface area contributed by atoms with Crippen molar-refractivity contribution in [2.75, 3.05) is 13.1 Å². The van der Waals surface area contributed by atoms with Gasteiger partial charge in [-0.1, -0.05) is 122 Å². The fraction of sp³-hybridized carbons (Fsp3) is 0.182. The Morgan fingerprint density at radius 3 is 1.23 bits per heavy atom. The summed E-state index contributed by atoms with van der Waals surface area (Å²) in [7, 11) is 0. The maximum absolute atomic E-state index is 13.3. The van der Waals surface area contributed by atoms with Crippen molar-refractivity contribution >= 4 is 23.0 Å². The van der Waals surface area contributed by atoms with Crippen LogP contribution in [-0.2, 0) is 9.59 Å². The Labute approximate surface area is 303 Å². The number of para-hydroxylation sites is 2. The summed E-state index contributed by atoms with van der Waals surface area (Å²) in [6, 6.07) is 34.8. The number of carbonyl (C=O) groups excluding carboxylic acids is 2. The summed E-state index contributed by atoms with van der Waals surface area (Å²) in [5, 5.41) is 23.0. The van der Waals surface area contributed by atoms with Gasteiger partial charge in [-0.25, -0.2) is 0 Å². The fourth-order valence-corrected chi connectivity index (χ4v) is 6.32. The van der Waals surface area contributed by atoms with Gasteiger partial charge in [0.05, 0.1) is 13.1 Å². The third-order valence-corrected chi connectivity index (χ3v) is 8.93. The summed E-state index contributed by atoms with van der Waals surface area (Å²) in [4.78, 5) is 29.5. The van der Waals surface area contributed by atoms with Crippen LogP contribution in [0.2, 0.25) is 0 Å². The van der Waals surface area contributed by atoms with Crippen LogP contribution in [0, 0.1) is 23.7 Å². The highest BCUT2D eigenvalue weighted by atomic mass is 16.5. The van der Waals surface area contributed by atoms with Crippen LogP contribution < -0.4 is 9.47 Å². The van der Waals surface area contributed by atoms with E-state index < -0.39 is 36.5 Å². The molecule has 0 saturated carbocycles. The van der Waals surface area contributed by atoms with Crippen molar-refractivity contribution in [3.05, 3.63) is 157 Å². The van der Waals surface area contributed by atoms with E-state index in [1.165, 1.54) is 9.80 Å². The van der Waals surface area contributed by atoms with Gasteiger partial charge in [0.15, 0.2) is 12.2 Å². The molecule has 2 amide bonds. The van der Waals surface area contributed by atoms with E-state index in [2.05, 4.69) is 48.3 Å². The Hall–Kier alpha value is -6.50. The highest BCUT2D eigenvalue weighted by molar-refractivity contribution is 5.91. The van der Waals surface area contributed by atoms with E-state index in [0.29, 0.717) is 22.6 Å². The van der Waals surface area contributed by atoms with Gasteiger partial charge >= 0.3 is 0 Å². The Morgan fingerprint density at radius 2 is 0.904 bits per heavy atom. The molecule has 8 nitrogen and oxygen atoms in total. The maximum Gasteiger partial charge on any atom is 0.267 e. The standard InChI is InChI=1S/C44H36N2O6/c1-3-35(31-21-11-7-12-22-31)39(47)37-41(51-33-25-15-9-16-26-33)43(49)45(37)29-19-5-6-20-30-46-38(40(48)36(4-2)32-23-13-8-14-24-32)42(44(46)50)52-34-27-17-10-18-28-34/h7-18,21-28,37-42,47-48H,1-2,29-30H2/t37-,38-,39+,40+,41+,42+/m0/s1. The zero-order valence-electron chi connectivity index (χ0n) is 28.3. The van der Waals surface area contributed by atoms with E-state index in [0.717, 1.165) is 11.1 Å². The first-order chi connectivity index (χ1) is 25.4. The summed E-state index contributed by atoms with van der Waals surface area (Å²) < 4.78 is 12.0. The maximum atomic E-state index is 13.3. The molecule has 4 aromatic rings. The van der Waals surface area contributed by atoms with Crippen LogP contribution in [0.5, 0.6) is 11.5 Å². The largest absolute Gasteiger partial charge is 0.478 e. The third-order valence-electron chi connectivity index (χ3n) is 8.93. The molecule has 6 atom stereocenters. The molecule has 8 heteroatoms. The van der Waals surface area contributed by atoms with Crippen LogP contribution in [0.25, 0.3) is 11.1 Å². The topological polar surface area (TPSA) is 99.5 Å². The number of nitrogens with zero attached hydrogens (tertiary/aromatic N) is 2. The Morgan fingerprint density at radius 1 is 0.577 bits per heavy atom. The van der Waals surface area contributed by atoms with Gasteiger partial charge in [-0.05, 0) is 47.2 Å². The summed E-state index contributed by atoms with van der Waals surface area (Å²) in [5.41, 5.74) is 8.00. The van der Waals surface area contributed by atoms with E-state index in [4.69, 9.17) is 9.47 Å². The molecular formula is C44H36N2O6. The first-order valence-electron chi connectivity index (χ1n) is 16.7. The van der Waals surface area contributed by atoms with Crippen molar-refractivity contribution in [2.24, 2.45) is 0 Å². The lowest BCUT2D eigenvalue weighted by atomic mass is 9.86. The fourth-order valence-electron chi connectivity index (χ4n) is 6.32. The predicted molar refractivity (Wildman–Crippen MR) is 198 cm³/mol. The van der Waals surface area contributed by atoms with Gasteiger partial charge in [0.1, 0.15) is 35.8 Å². The molecule has 0 bridgehead atoms. The second-order valence-corrected chi connectivity index (χ2v) is 12.0. The molecule has 2 saturated heterocycles. The normalized spacial score (nSPS) is 19.8. The predicted octanol–water partition coefficient (Wildman–Crippen LogP) is 4.77. The highest BCUT2D eigenvalue weighted by Gasteiger charge is 2.54. The third kappa shape index (κ3) is 7.48. The average molecular weight is 689 g/mol. The van der Waals surface area contributed by atoms with Crippen molar-refractivity contribution in [2.45, 2.75) is 36.5 Å². The van der Waals surface area contributed by atoms with E-state index in [-0.39, 0.29) is 24.9 Å². The number of amides is 2. The zero-order valence-corrected chi connectivity index (χ0v) is 28.3. The molecule has 0 unspecified atom stereocenters. The van der Waals surface area contributed by atoms with Gasteiger partial charge in [0.2, 0.25) is 0 Å². The quantitative estimate of drug-likeness (QED) is 0.127. The van der Waals surface area contributed by atoms with Crippen molar-refractivity contribution in [1.29, 1.82) is 0 Å². The summed E-state index contributed by atoms with van der Waals surface area (Å²) in [6.07, 6.45) is -4.21. The van der Waals surface area contributed by atoms with Crippen molar-refractivity contribution in [3.63, 3.8) is 0 Å². The monoisotopic (exact) mass is 688 g/mol. The molecule has 2 aliphatic heterocycles. The summed E-state index contributed by atoms with van der Waals surface area (Å²) in [6.45, 7) is 7.51. The number of ether oxygens (including phenoxy) is 2. The second-order valence-electron chi connectivity index (χ2n) is 12.0. The first kappa shape index (κ1) is 35.3. The Kier molecular flexibility index (Phi) is 11.2. The van der Waals surface area contributed by atoms with Crippen LogP contribution in [0.15, 0.2) is 146 Å². The van der Waals surface area contributed by atoms with E-state index in [1.54, 1.807) is 48.5 Å². The number of aliphatic hydroxyl groups excluding tert-OH is 2. The molecule has 0 radical (unpaired) electrons. The minimum absolute atomic E-state index is 0.0232. The highest BCUT2D eigenvalue weighted by Crippen LogP contribution is 2.34. The number of aliphatic hydroxyl groups is 2. The van der Waals surface area contributed by atoms with Crippen molar-refractivity contribution in [3.8, 4) is 35.2 Å². The van der Waals surface area contributed by atoms with Gasteiger partial charge in [-0.15, -0.1) is 11.5 Å². The molecule has 2 aliphatic rings. The molecule has 0 aromatic heterocycles. The van der Waals surface area contributed by atoms with Crippen LogP contribution in [0.4, 0.5) is 0 Å². The minimum Gasteiger partial charge on any atom is -0.478 e. The smallest absolute Gasteiger partial charge is 0.267 e. The van der Waals surface area contributed by atoms with Gasteiger partial charge in [0.25, 0.3) is 11.8 Å². The number of hydrogen-bond donors (Lipinski definition) is 2. The molecule has 0 spiro atoms. The molecule has 2 heterocycles. The molecular weight excluding hydrogens is 652 g/mol. The van der Waals surface area contributed by atoms with Crippen LogP contribution in [-0.4, -0.2) is 81.4 Å². The summed E-state index contributed by atoms with van der Waals surface area (Å²) >= 11 is 0. The lowest BCUT2D eigenvalue weighted by Gasteiger charge is -2.48. The van der Waals surface area contributed by atoms with Crippen molar-refractivity contribution in [1.82, 2.24) is 9.80 Å². The van der Waals surface area contributed by atoms with E-state index in [9.17, 15) is 19.8 Å². The van der Waals surface area contributed by atoms with Gasteiger partial charge < -0.3 is 29.5 Å². The van der Waals surface area contributed by atoms with Gasteiger partial charge in [-0.3, -0.25) is 9.59 Å². The van der Waals surface area contributed by atoms with E-state index >= 15 is 0 Å². The number of hydrogen-bond acceptors (Lipinski definition) is 6. The second kappa shape index (κ2) is 16.5. The molecule has 258 valence electrons. The van der Waals surface area contributed by atoms with Crippen LogP contribution >= 0.6 is 0 Å². The average Bonchev–Trinajstić information content (AvgIpc) is 3.18. The molecule has 4 aromatic carbocycles. The Bertz CT molecular complexity index is 1960. The lowest BCUT2D eigenvalue weighted by molar-refractivity contribution is -0.168. The van der Waals surface area contributed by atoms with Crippen molar-refractivity contribution < 1.29 is 29.3 Å². The SMILES string of the molecule is C=C=C(c1ccccc1)[C@@H](O)[C@H]1[C@@H](Oc2ccccc2)C(=O)N1CC#CC#CCN1C(=O)[C@H](Oc2ccccc2)[C@@H]1[C@H](O)C(=C=C)c1ccccc1. The molecule has 2 N–H and O–H groups in total. The number of likely N-dealkylation sites (tertiary alicyclic amines) is 2. The molecule has 52 heavy (non-hydrogen) atoms. The molecule has 6 rings (SSSR count). The lowest BCUT2D eigenvalue weighted by Crippen LogP contribution is -2.71. The number of carbonyl (C=O) groups is 2. The number of rotatable bonds is 12. The zero-order chi connectivity index (χ0) is 36.5. The number of β-lactam (4-membered cyclic amide) rings is 2. The van der Waals surface area contributed by atoms with Crippen LogP contribution in [0.1, 0.15) is 11.1 Å². The van der Waals surface area contributed by atoms with Gasteiger partial charge in [-0.2, -0.15) is 0 Å². The number of benzene rings is 4. The first-order valence-corrected chi connectivity index (χ1v) is 16.7.